The molecule has 0 aliphatic heterocycles. The van der Waals surface area contributed by atoms with Crippen LogP contribution >= 0.6 is 22.6 Å². The zero-order valence-corrected chi connectivity index (χ0v) is 16.1. The zero-order valence-electron chi connectivity index (χ0n) is 14.0. The van der Waals surface area contributed by atoms with E-state index in [0.29, 0.717) is 17.1 Å². The van der Waals surface area contributed by atoms with Crippen LogP contribution in [0, 0.1) is 21.8 Å². The number of carbonyl (C=O) groups is 1. The summed E-state index contributed by atoms with van der Waals surface area (Å²) in [4.78, 5) is 12.3. The fourth-order valence-corrected chi connectivity index (χ4v) is 3.01. The molecule has 1 aromatic heterocycles. The summed E-state index contributed by atoms with van der Waals surface area (Å²) >= 11 is 2.22. The van der Waals surface area contributed by atoms with Gasteiger partial charge >= 0.3 is 0 Å². The van der Waals surface area contributed by atoms with E-state index in [1.54, 1.807) is 36.4 Å². The molecule has 6 heteroatoms. The number of hydrogen-bond acceptors (Lipinski definition) is 4. The van der Waals surface area contributed by atoms with E-state index in [0.717, 1.165) is 14.8 Å². The third kappa shape index (κ3) is 4.24. The van der Waals surface area contributed by atoms with Crippen molar-refractivity contribution in [3.05, 3.63) is 80.8 Å². The van der Waals surface area contributed by atoms with Crippen LogP contribution < -0.4 is 10.1 Å². The molecule has 0 atom stereocenters. The molecule has 3 rings (SSSR count). The van der Waals surface area contributed by atoms with Crippen molar-refractivity contribution in [2.45, 2.75) is 13.5 Å². The van der Waals surface area contributed by atoms with Crippen LogP contribution in [0.2, 0.25) is 0 Å². The highest BCUT2D eigenvalue weighted by molar-refractivity contribution is 14.1. The summed E-state index contributed by atoms with van der Waals surface area (Å²) in [5.74, 6) is 0.863. The van der Waals surface area contributed by atoms with Crippen molar-refractivity contribution >= 4 is 34.2 Å². The van der Waals surface area contributed by atoms with Gasteiger partial charge in [-0.15, -0.1) is 0 Å². The molecule has 5 nitrogen and oxygen atoms in total. The number of nitrogens with zero attached hydrogens (tertiary/aromatic N) is 1. The molecule has 0 bridgehead atoms. The number of ether oxygens (including phenoxy) is 1. The van der Waals surface area contributed by atoms with Crippen LogP contribution in [0.5, 0.6) is 5.75 Å². The van der Waals surface area contributed by atoms with E-state index in [1.165, 1.54) is 0 Å². The molecule has 1 heterocycles. The molecule has 0 radical (unpaired) electrons. The molecule has 2 aromatic carbocycles. The summed E-state index contributed by atoms with van der Waals surface area (Å²) in [6.45, 7) is 2.07. The van der Waals surface area contributed by atoms with Gasteiger partial charge in [0.1, 0.15) is 24.2 Å². The van der Waals surface area contributed by atoms with Crippen molar-refractivity contribution in [1.29, 1.82) is 5.26 Å². The number of nitrogens with one attached hydrogen (secondary N) is 1. The number of benzene rings is 2. The summed E-state index contributed by atoms with van der Waals surface area (Å²) in [6.07, 6.45) is 0. The SMILES string of the molecule is Cc1cc(I)ccc1NC(=O)c1ccc(COc2ccccc2C#N)o1. The predicted molar refractivity (Wildman–Crippen MR) is 106 cm³/mol. The van der Waals surface area contributed by atoms with Crippen molar-refractivity contribution in [3.63, 3.8) is 0 Å². The Morgan fingerprint density at radius 1 is 1.23 bits per heavy atom. The second-order valence-corrected chi connectivity index (χ2v) is 6.82. The quantitative estimate of drug-likeness (QED) is 0.553. The maximum Gasteiger partial charge on any atom is 0.291 e. The average Bonchev–Trinajstić information content (AvgIpc) is 3.11. The van der Waals surface area contributed by atoms with Gasteiger partial charge in [-0.1, -0.05) is 12.1 Å². The Hall–Kier alpha value is -2.79. The number of carbonyl (C=O) groups excluding carboxylic acids is 1. The molecule has 0 saturated carbocycles. The fourth-order valence-electron chi connectivity index (χ4n) is 2.36. The minimum absolute atomic E-state index is 0.133. The molecule has 0 fully saturated rings. The van der Waals surface area contributed by atoms with E-state index in [9.17, 15) is 4.79 Å². The Labute approximate surface area is 164 Å². The number of halogens is 1. The molecule has 0 spiro atoms. The predicted octanol–water partition coefficient (Wildman–Crippen LogP) is 4.90. The Bertz CT molecular complexity index is 989. The maximum atomic E-state index is 12.3. The van der Waals surface area contributed by atoms with Gasteiger partial charge in [0, 0.05) is 9.26 Å². The van der Waals surface area contributed by atoms with E-state index in [1.807, 2.05) is 25.1 Å². The van der Waals surface area contributed by atoms with Gasteiger partial charge < -0.3 is 14.5 Å². The van der Waals surface area contributed by atoms with Gasteiger partial charge in [-0.05, 0) is 77.5 Å². The van der Waals surface area contributed by atoms with Crippen molar-refractivity contribution in [2.75, 3.05) is 5.32 Å². The van der Waals surface area contributed by atoms with Crippen molar-refractivity contribution in [2.24, 2.45) is 0 Å². The monoisotopic (exact) mass is 458 g/mol. The average molecular weight is 458 g/mol. The Balaban J connectivity index is 1.65. The van der Waals surface area contributed by atoms with Crippen LogP contribution in [-0.4, -0.2) is 5.91 Å². The molecule has 0 aliphatic rings. The number of anilines is 1. The van der Waals surface area contributed by atoms with Gasteiger partial charge in [0.05, 0.1) is 5.56 Å². The number of hydrogen-bond donors (Lipinski definition) is 1. The normalized spacial score (nSPS) is 10.2. The molecule has 3 aromatic rings. The second kappa shape index (κ2) is 8.06. The van der Waals surface area contributed by atoms with Crippen LogP contribution in [0.3, 0.4) is 0 Å². The second-order valence-electron chi connectivity index (χ2n) is 5.58. The maximum absolute atomic E-state index is 12.3. The first-order valence-electron chi connectivity index (χ1n) is 7.85. The number of nitriles is 1. The minimum Gasteiger partial charge on any atom is -0.484 e. The molecule has 26 heavy (non-hydrogen) atoms. The first kappa shape index (κ1) is 18.0. The third-order valence-corrected chi connectivity index (χ3v) is 4.37. The van der Waals surface area contributed by atoms with E-state index in [2.05, 4.69) is 34.0 Å². The minimum atomic E-state index is -0.321. The van der Waals surface area contributed by atoms with Crippen LogP contribution in [-0.2, 0) is 6.61 Å². The molecular formula is C20H15IN2O3. The number of para-hydroxylation sites is 1. The van der Waals surface area contributed by atoms with Crippen molar-refractivity contribution < 1.29 is 13.9 Å². The Kier molecular flexibility index (Phi) is 5.58. The highest BCUT2D eigenvalue weighted by Gasteiger charge is 2.13. The van der Waals surface area contributed by atoms with Crippen LogP contribution in [0.4, 0.5) is 5.69 Å². The highest BCUT2D eigenvalue weighted by atomic mass is 127. The van der Waals surface area contributed by atoms with Crippen molar-refractivity contribution in [3.8, 4) is 11.8 Å². The summed E-state index contributed by atoms with van der Waals surface area (Å²) in [5.41, 5.74) is 2.17. The molecule has 1 amide bonds. The zero-order chi connectivity index (χ0) is 18.5. The van der Waals surface area contributed by atoms with E-state index >= 15 is 0 Å². The number of rotatable bonds is 5. The summed E-state index contributed by atoms with van der Waals surface area (Å²) in [6, 6.07) is 18.1. The lowest BCUT2D eigenvalue weighted by Gasteiger charge is -2.07. The van der Waals surface area contributed by atoms with E-state index < -0.39 is 0 Å². The first-order chi connectivity index (χ1) is 12.6. The summed E-state index contributed by atoms with van der Waals surface area (Å²) in [5, 5.41) is 11.9. The molecule has 0 unspecified atom stereocenters. The fraction of sp³-hybridized carbons (Fsp3) is 0.100. The smallest absolute Gasteiger partial charge is 0.291 e. The van der Waals surface area contributed by atoms with Crippen LogP contribution in [0.1, 0.15) is 27.4 Å². The van der Waals surface area contributed by atoms with Gasteiger partial charge in [-0.2, -0.15) is 5.26 Å². The molecular weight excluding hydrogens is 443 g/mol. The number of amides is 1. The highest BCUT2D eigenvalue weighted by Crippen LogP contribution is 2.21. The molecule has 1 N–H and O–H groups in total. The van der Waals surface area contributed by atoms with Gasteiger partial charge in [-0.25, -0.2) is 0 Å². The molecule has 0 saturated heterocycles. The lowest BCUT2D eigenvalue weighted by molar-refractivity contribution is 0.0992. The van der Waals surface area contributed by atoms with Gasteiger partial charge in [0.2, 0.25) is 0 Å². The number of furan rings is 1. The van der Waals surface area contributed by atoms with Crippen LogP contribution in [0.25, 0.3) is 0 Å². The first-order valence-corrected chi connectivity index (χ1v) is 8.93. The van der Waals surface area contributed by atoms with Gasteiger partial charge in [0.15, 0.2) is 5.76 Å². The summed E-state index contributed by atoms with van der Waals surface area (Å²) in [7, 11) is 0. The lowest BCUT2D eigenvalue weighted by Crippen LogP contribution is -2.11. The number of aryl methyl sites for hydroxylation is 1. The third-order valence-electron chi connectivity index (χ3n) is 3.70. The molecule has 0 aliphatic carbocycles. The lowest BCUT2D eigenvalue weighted by atomic mass is 10.2. The van der Waals surface area contributed by atoms with E-state index in [4.69, 9.17) is 14.4 Å². The van der Waals surface area contributed by atoms with Crippen molar-refractivity contribution in [1.82, 2.24) is 0 Å². The van der Waals surface area contributed by atoms with Crippen LogP contribution in [0.15, 0.2) is 59.0 Å². The molecule has 130 valence electrons. The van der Waals surface area contributed by atoms with E-state index in [-0.39, 0.29) is 18.3 Å². The topological polar surface area (TPSA) is 75.3 Å². The Morgan fingerprint density at radius 2 is 2.04 bits per heavy atom. The standard InChI is InChI=1S/C20H15IN2O3/c1-13-10-15(21)6-8-17(13)23-20(24)19-9-7-16(26-19)12-25-18-5-3-2-4-14(18)11-22/h2-10H,12H2,1H3,(H,23,24). The van der Waals surface area contributed by atoms with Gasteiger partial charge in [0.25, 0.3) is 5.91 Å². The Morgan fingerprint density at radius 3 is 2.81 bits per heavy atom. The summed E-state index contributed by atoms with van der Waals surface area (Å²) < 4.78 is 12.3. The largest absolute Gasteiger partial charge is 0.484 e. The van der Waals surface area contributed by atoms with Gasteiger partial charge in [-0.3, -0.25) is 4.79 Å².